The number of hydrogen-bond acceptors (Lipinski definition) is 4. The lowest BCUT2D eigenvalue weighted by Gasteiger charge is -2.32. The summed E-state index contributed by atoms with van der Waals surface area (Å²) in [6.45, 7) is 3.90. The van der Waals surface area contributed by atoms with E-state index in [9.17, 15) is 0 Å². The topological polar surface area (TPSA) is 33.7 Å². The molecule has 1 rings (SSSR count). The van der Waals surface area contributed by atoms with Crippen LogP contribution in [0.1, 0.15) is 18.5 Å². The van der Waals surface area contributed by atoms with Crippen molar-refractivity contribution < 1.29 is 9.47 Å². The third-order valence-electron chi connectivity index (χ3n) is 3.61. The van der Waals surface area contributed by atoms with E-state index in [1.165, 1.54) is 5.56 Å². The summed E-state index contributed by atoms with van der Waals surface area (Å²) in [6.07, 6.45) is 0. The summed E-state index contributed by atoms with van der Waals surface area (Å²) in [6, 6.07) is 8.89. The minimum Gasteiger partial charge on any atom is -0.497 e. The van der Waals surface area contributed by atoms with Gasteiger partial charge < -0.3 is 14.8 Å². The van der Waals surface area contributed by atoms with Crippen molar-refractivity contribution >= 4 is 0 Å². The second-order valence-electron chi connectivity index (χ2n) is 4.75. The summed E-state index contributed by atoms with van der Waals surface area (Å²) in [5.74, 6) is 0.888. The van der Waals surface area contributed by atoms with E-state index in [-0.39, 0.29) is 6.04 Å². The first-order valence-electron chi connectivity index (χ1n) is 6.64. The molecule has 0 heterocycles. The van der Waals surface area contributed by atoms with E-state index < -0.39 is 0 Å². The fourth-order valence-corrected chi connectivity index (χ4v) is 2.19. The fraction of sp³-hybridized carbons (Fsp3) is 0.600. The zero-order chi connectivity index (χ0) is 14.3. The molecule has 0 amide bonds. The van der Waals surface area contributed by atoms with Crippen LogP contribution in [0, 0.1) is 0 Å². The average molecular weight is 266 g/mol. The van der Waals surface area contributed by atoms with Crippen molar-refractivity contribution in [3.05, 3.63) is 29.8 Å². The van der Waals surface area contributed by atoms with Gasteiger partial charge in [-0.25, -0.2) is 0 Å². The van der Waals surface area contributed by atoms with E-state index in [2.05, 4.69) is 36.3 Å². The van der Waals surface area contributed by atoms with Gasteiger partial charge in [0.2, 0.25) is 0 Å². The summed E-state index contributed by atoms with van der Waals surface area (Å²) in [5.41, 5.74) is 1.26. The Balaban J connectivity index is 2.74. The smallest absolute Gasteiger partial charge is 0.118 e. The van der Waals surface area contributed by atoms with Crippen LogP contribution in [0.5, 0.6) is 5.75 Å². The lowest BCUT2D eigenvalue weighted by atomic mass is 9.99. The number of nitrogens with one attached hydrogen (secondary N) is 1. The van der Waals surface area contributed by atoms with Crippen LogP contribution in [0.2, 0.25) is 0 Å². The van der Waals surface area contributed by atoms with Crippen LogP contribution in [0.3, 0.4) is 0 Å². The van der Waals surface area contributed by atoms with E-state index in [4.69, 9.17) is 9.47 Å². The van der Waals surface area contributed by atoms with Crippen LogP contribution in [0.4, 0.5) is 0 Å². The SMILES string of the molecule is CNC(c1ccc(OC)cc1)C(C)N(C)CCOC. The molecule has 0 aromatic heterocycles. The number of ether oxygens (including phenoxy) is 2. The molecule has 0 bridgehead atoms. The molecule has 0 radical (unpaired) electrons. The van der Waals surface area contributed by atoms with Crippen LogP contribution in [0.25, 0.3) is 0 Å². The molecule has 0 saturated heterocycles. The van der Waals surface area contributed by atoms with Crippen LogP contribution in [-0.2, 0) is 4.74 Å². The summed E-state index contributed by atoms with van der Waals surface area (Å²) >= 11 is 0. The molecule has 0 aliphatic rings. The fourth-order valence-electron chi connectivity index (χ4n) is 2.19. The molecule has 1 aromatic rings. The first kappa shape index (κ1) is 16.0. The van der Waals surface area contributed by atoms with Crippen molar-refractivity contribution in [2.24, 2.45) is 0 Å². The summed E-state index contributed by atoms with van der Waals surface area (Å²) in [7, 11) is 7.54. The second-order valence-corrected chi connectivity index (χ2v) is 4.75. The number of benzene rings is 1. The predicted octanol–water partition coefficient (Wildman–Crippen LogP) is 1.92. The van der Waals surface area contributed by atoms with Gasteiger partial charge in [0.1, 0.15) is 5.75 Å². The molecule has 0 fully saturated rings. The highest BCUT2D eigenvalue weighted by molar-refractivity contribution is 5.29. The van der Waals surface area contributed by atoms with Gasteiger partial charge in [-0.05, 0) is 38.7 Å². The van der Waals surface area contributed by atoms with Gasteiger partial charge in [-0.1, -0.05) is 12.1 Å². The summed E-state index contributed by atoms with van der Waals surface area (Å²) in [5, 5.41) is 3.39. The Labute approximate surface area is 116 Å². The highest BCUT2D eigenvalue weighted by Gasteiger charge is 2.21. The van der Waals surface area contributed by atoms with Crippen LogP contribution in [-0.4, -0.2) is 52.4 Å². The van der Waals surface area contributed by atoms with Crippen molar-refractivity contribution in [1.82, 2.24) is 10.2 Å². The lowest BCUT2D eigenvalue weighted by molar-refractivity contribution is 0.130. The van der Waals surface area contributed by atoms with Gasteiger partial charge in [0.15, 0.2) is 0 Å². The number of hydrogen-bond donors (Lipinski definition) is 1. The second kappa shape index (κ2) is 8.15. The molecule has 1 aromatic carbocycles. The maximum atomic E-state index is 5.20. The van der Waals surface area contributed by atoms with Crippen LogP contribution in [0.15, 0.2) is 24.3 Å². The molecule has 0 aliphatic carbocycles. The van der Waals surface area contributed by atoms with Gasteiger partial charge >= 0.3 is 0 Å². The monoisotopic (exact) mass is 266 g/mol. The molecule has 0 aliphatic heterocycles. The molecule has 2 unspecified atom stereocenters. The van der Waals surface area contributed by atoms with Gasteiger partial charge in [-0.15, -0.1) is 0 Å². The molecule has 1 N–H and O–H groups in total. The lowest BCUT2D eigenvalue weighted by Crippen LogP contribution is -2.41. The first-order valence-corrected chi connectivity index (χ1v) is 6.64. The van der Waals surface area contributed by atoms with Crippen molar-refractivity contribution in [1.29, 1.82) is 0 Å². The standard InChI is InChI=1S/C15H26N2O2/c1-12(17(3)10-11-18-4)15(16-2)13-6-8-14(19-5)9-7-13/h6-9,12,15-16H,10-11H2,1-5H3. The third-order valence-corrected chi connectivity index (χ3v) is 3.61. The van der Waals surface area contributed by atoms with Crippen molar-refractivity contribution in [3.8, 4) is 5.75 Å². The van der Waals surface area contributed by atoms with E-state index in [0.29, 0.717) is 6.04 Å². The van der Waals surface area contributed by atoms with E-state index in [0.717, 1.165) is 18.9 Å². The molecule has 0 saturated carbocycles. The predicted molar refractivity (Wildman–Crippen MR) is 78.8 cm³/mol. The van der Waals surface area contributed by atoms with Gasteiger partial charge in [0.25, 0.3) is 0 Å². The summed E-state index contributed by atoms with van der Waals surface area (Å²) in [4.78, 5) is 2.30. The highest BCUT2D eigenvalue weighted by Crippen LogP contribution is 2.22. The minimum atomic E-state index is 0.285. The molecule has 4 nitrogen and oxygen atoms in total. The maximum Gasteiger partial charge on any atom is 0.118 e. The van der Waals surface area contributed by atoms with Crippen molar-refractivity contribution in [3.63, 3.8) is 0 Å². The summed E-state index contributed by atoms with van der Waals surface area (Å²) < 4.78 is 10.3. The Morgan fingerprint density at radius 2 is 1.84 bits per heavy atom. The third kappa shape index (κ3) is 4.49. The molecule has 0 spiro atoms. The zero-order valence-corrected chi connectivity index (χ0v) is 12.6. The normalized spacial score (nSPS) is 14.4. The van der Waals surface area contributed by atoms with Gasteiger partial charge in [-0.3, -0.25) is 4.90 Å². The number of rotatable bonds is 8. The average Bonchev–Trinajstić information content (AvgIpc) is 2.46. The Morgan fingerprint density at radius 1 is 1.21 bits per heavy atom. The Bertz CT molecular complexity index is 354. The van der Waals surface area contributed by atoms with E-state index in [1.807, 2.05) is 19.2 Å². The van der Waals surface area contributed by atoms with Crippen molar-refractivity contribution in [2.75, 3.05) is 41.5 Å². The highest BCUT2D eigenvalue weighted by atomic mass is 16.5. The molecule has 108 valence electrons. The maximum absolute atomic E-state index is 5.20. The van der Waals surface area contributed by atoms with E-state index >= 15 is 0 Å². The van der Waals surface area contributed by atoms with Crippen molar-refractivity contribution in [2.45, 2.75) is 19.0 Å². The molecule has 19 heavy (non-hydrogen) atoms. The molecule has 2 atom stereocenters. The Hall–Kier alpha value is -1.10. The Morgan fingerprint density at radius 3 is 2.32 bits per heavy atom. The minimum absolute atomic E-state index is 0.285. The van der Waals surface area contributed by atoms with Gasteiger partial charge in [-0.2, -0.15) is 0 Å². The number of methoxy groups -OCH3 is 2. The molecular formula is C15H26N2O2. The quantitative estimate of drug-likeness (QED) is 0.779. The van der Waals surface area contributed by atoms with Gasteiger partial charge in [0.05, 0.1) is 13.7 Å². The Kier molecular flexibility index (Phi) is 6.84. The number of likely N-dealkylation sites (N-methyl/N-ethyl adjacent to an activating group) is 2. The van der Waals surface area contributed by atoms with Crippen LogP contribution >= 0.6 is 0 Å². The van der Waals surface area contributed by atoms with Gasteiger partial charge in [0, 0.05) is 25.7 Å². The molecular weight excluding hydrogens is 240 g/mol. The zero-order valence-electron chi connectivity index (χ0n) is 12.6. The first-order chi connectivity index (χ1) is 9.13. The number of nitrogens with zero attached hydrogens (tertiary/aromatic N) is 1. The largest absolute Gasteiger partial charge is 0.497 e. The van der Waals surface area contributed by atoms with E-state index in [1.54, 1.807) is 14.2 Å². The molecule has 4 heteroatoms. The van der Waals surface area contributed by atoms with Crippen LogP contribution < -0.4 is 10.1 Å².